The van der Waals surface area contributed by atoms with Crippen molar-refractivity contribution in [3.8, 4) is 0 Å². The lowest BCUT2D eigenvalue weighted by molar-refractivity contribution is -0.896. The molecule has 1 aromatic heterocycles. The summed E-state index contributed by atoms with van der Waals surface area (Å²) in [5, 5.41) is 37.5. The number of para-hydroxylation sites is 2. The number of ether oxygens (including phenoxy) is 1. The molecule has 0 bridgehead atoms. The molecule has 0 aliphatic heterocycles. The van der Waals surface area contributed by atoms with Crippen LogP contribution in [0.25, 0.3) is 21.8 Å². The smallest absolute Gasteiger partial charge is 0.419 e. The highest BCUT2D eigenvalue weighted by Crippen LogP contribution is 2.28. The van der Waals surface area contributed by atoms with Gasteiger partial charge in [0.1, 0.15) is 13.2 Å². The highest BCUT2D eigenvalue weighted by Gasteiger charge is 2.46. The minimum atomic E-state index is -2.71. The first kappa shape index (κ1) is 28.3. The summed E-state index contributed by atoms with van der Waals surface area (Å²) in [6, 6.07) is 15.9. The van der Waals surface area contributed by atoms with Crippen LogP contribution < -0.4 is 10.0 Å². The van der Waals surface area contributed by atoms with Gasteiger partial charge in [-0.05, 0) is 26.0 Å². The summed E-state index contributed by atoms with van der Waals surface area (Å²) in [7, 11) is 0. The minimum absolute atomic E-state index is 0.297. The Hall–Kier alpha value is -3.96. The second kappa shape index (κ2) is 12.7. The number of likely N-dealkylation sites (N-methyl/N-ethyl adjacent to an activating group) is 1. The second-order valence-electron chi connectivity index (χ2n) is 8.09. The molecule has 2 aromatic carbocycles. The molecule has 3 rings (SSSR count). The van der Waals surface area contributed by atoms with Crippen LogP contribution in [-0.4, -0.2) is 76.7 Å². The lowest BCUT2D eigenvalue weighted by atomic mass is 9.85. The van der Waals surface area contributed by atoms with Gasteiger partial charge in [0.15, 0.2) is 5.41 Å². The number of aromatic nitrogens is 1. The lowest BCUT2D eigenvalue weighted by Gasteiger charge is -2.22. The predicted octanol–water partition coefficient (Wildman–Crippen LogP) is -0.0218. The van der Waals surface area contributed by atoms with Gasteiger partial charge in [-0.15, -0.1) is 0 Å². The van der Waals surface area contributed by atoms with E-state index >= 15 is 0 Å². The highest BCUT2D eigenvalue weighted by atomic mass is 16.5. The van der Waals surface area contributed by atoms with Gasteiger partial charge in [-0.2, -0.15) is 0 Å². The topological polar surface area (TPSA) is 171 Å². The molecule has 0 unspecified atom stereocenters. The molecular formula is C25H30N2O9. The Balaban J connectivity index is 0.000000302. The van der Waals surface area contributed by atoms with Gasteiger partial charge in [-0.25, -0.2) is 9.36 Å². The molecule has 0 atom stereocenters. The van der Waals surface area contributed by atoms with E-state index in [4.69, 9.17) is 20.1 Å². The summed E-state index contributed by atoms with van der Waals surface area (Å²) in [6.07, 6.45) is -1.57. The van der Waals surface area contributed by atoms with Crippen LogP contribution in [0.3, 0.4) is 0 Å². The van der Waals surface area contributed by atoms with E-state index < -0.39 is 36.4 Å². The fourth-order valence-corrected chi connectivity index (χ4v) is 3.75. The molecule has 0 radical (unpaired) electrons. The van der Waals surface area contributed by atoms with Crippen LogP contribution in [-0.2, 0) is 19.1 Å². The molecule has 0 aliphatic rings. The maximum Gasteiger partial charge on any atom is 0.419 e. The molecule has 4 N–H and O–H groups in total. The van der Waals surface area contributed by atoms with E-state index in [9.17, 15) is 24.3 Å². The standard InChI is InChI=1S/C19H22N2O2.C6H8O7/c1-3-20(4-2)13-14-23-19(22)21-17-11-7-5-9-15(17)16-10-6-8-12-18(16)21;7-2-6(4(10)11,5(12)13)1-3(8)9/h5-12H,3-4,13-14H2,1-2H3;7H,1-2H2,(H,8,9)(H,10,11)(H,12,13). The third kappa shape index (κ3) is 6.18. The third-order valence-corrected chi connectivity index (χ3v) is 5.98. The zero-order valence-corrected chi connectivity index (χ0v) is 20.1. The monoisotopic (exact) mass is 502 g/mol. The van der Waals surface area contributed by atoms with Crippen molar-refractivity contribution in [2.75, 3.05) is 32.8 Å². The molecule has 0 aliphatic carbocycles. The maximum absolute atomic E-state index is 12.6. The minimum Gasteiger partial charge on any atom is -0.550 e. The van der Waals surface area contributed by atoms with Gasteiger partial charge in [-0.3, -0.25) is 9.59 Å². The van der Waals surface area contributed by atoms with E-state index in [1.165, 1.54) is 4.90 Å². The number of carboxylic acid groups (broad SMARTS) is 3. The zero-order chi connectivity index (χ0) is 26.9. The summed E-state index contributed by atoms with van der Waals surface area (Å²) < 4.78 is 7.22. The lowest BCUT2D eigenvalue weighted by Crippen LogP contribution is -3.11. The molecule has 0 fully saturated rings. The Morgan fingerprint density at radius 1 is 0.917 bits per heavy atom. The first-order valence-corrected chi connectivity index (χ1v) is 11.4. The largest absolute Gasteiger partial charge is 0.550 e. The van der Waals surface area contributed by atoms with Gasteiger partial charge in [0.25, 0.3) is 0 Å². The molecule has 0 saturated heterocycles. The van der Waals surface area contributed by atoms with Crippen molar-refractivity contribution in [2.24, 2.45) is 5.41 Å². The number of aliphatic hydroxyl groups excluding tert-OH is 1. The third-order valence-electron chi connectivity index (χ3n) is 5.98. The van der Waals surface area contributed by atoms with Crippen molar-refractivity contribution >= 4 is 45.8 Å². The van der Waals surface area contributed by atoms with Crippen LogP contribution in [0.4, 0.5) is 4.79 Å². The van der Waals surface area contributed by atoms with Gasteiger partial charge in [0, 0.05) is 23.2 Å². The van der Waals surface area contributed by atoms with E-state index in [1.54, 1.807) is 4.57 Å². The first-order chi connectivity index (χ1) is 17.1. The second-order valence-corrected chi connectivity index (χ2v) is 8.09. The summed E-state index contributed by atoms with van der Waals surface area (Å²) in [6.45, 7) is 6.37. The Morgan fingerprint density at radius 2 is 1.39 bits per heavy atom. The van der Waals surface area contributed by atoms with E-state index in [-0.39, 0.29) is 6.09 Å². The van der Waals surface area contributed by atoms with Crippen molar-refractivity contribution in [3.63, 3.8) is 0 Å². The van der Waals surface area contributed by atoms with Gasteiger partial charge in [0.05, 0.1) is 30.7 Å². The van der Waals surface area contributed by atoms with Crippen LogP contribution in [0.5, 0.6) is 0 Å². The molecule has 0 saturated carbocycles. The summed E-state index contributed by atoms with van der Waals surface area (Å²) in [5.74, 6) is -5.67. The molecule has 0 spiro atoms. The van der Waals surface area contributed by atoms with Crippen molar-refractivity contribution < 1.29 is 49.2 Å². The van der Waals surface area contributed by atoms with E-state index in [0.717, 1.165) is 41.4 Å². The number of quaternary nitrogens is 1. The molecule has 11 heteroatoms. The normalized spacial score (nSPS) is 11.2. The first-order valence-electron chi connectivity index (χ1n) is 11.4. The van der Waals surface area contributed by atoms with E-state index in [1.807, 2.05) is 48.5 Å². The van der Waals surface area contributed by atoms with Crippen molar-refractivity contribution in [3.05, 3.63) is 48.5 Å². The SMILES string of the molecule is CC[NH+](CC)CCOC(=O)n1c2ccccc2c2ccccc21.O=C([O-])CC(CO)(C(=O)O)C(=O)O. The number of aliphatic carboxylic acids is 3. The number of nitrogens with zero attached hydrogens (tertiary/aromatic N) is 1. The van der Waals surface area contributed by atoms with Gasteiger partial charge >= 0.3 is 18.0 Å². The maximum atomic E-state index is 12.6. The van der Waals surface area contributed by atoms with Gasteiger partial charge in [0.2, 0.25) is 0 Å². The molecule has 11 nitrogen and oxygen atoms in total. The molecule has 3 aromatic rings. The van der Waals surface area contributed by atoms with Crippen LogP contribution >= 0.6 is 0 Å². The number of nitrogens with one attached hydrogen (secondary N) is 1. The number of benzene rings is 2. The summed E-state index contributed by atoms with van der Waals surface area (Å²) in [4.78, 5) is 44.9. The predicted molar refractivity (Wildman–Crippen MR) is 128 cm³/mol. The molecular weight excluding hydrogens is 472 g/mol. The Kier molecular flexibility index (Phi) is 9.94. The van der Waals surface area contributed by atoms with Crippen LogP contribution in [0.2, 0.25) is 0 Å². The van der Waals surface area contributed by atoms with Crippen LogP contribution in [0, 0.1) is 5.41 Å². The van der Waals surface area contributed by atoms with E-state index in [2.05, 4.69) is 13.8 Å². The van der Waals surface area contributed by atoms with Gasteiger partial charge in [-0.1, -0.05) is 36.4 Å². The van der Waals surface area contributed by atoms with Gasteiger partial charge < -0.3 is 34.9 Å². The number of fused-ring (bicyclic) bond motifs is 3. The van der Waals surface area contributed by atoms with Crippen molar-refractivity contribution in [1.29, 1.82) is 0 Å². The number of aliphatic hydroxyl groups is 1. The molecule has 36 heavy (non-hydrogen) atoms. The number of rotatable bonds is 10. The van der Waals surface area contributed by atoms with Crippen molar-refractivity contribution in [2.45, 2.75) is 20.3 Å². The molecule has 1 heterocycles. The fourth-order valence-electron chi connectivity index (χ4n) is 3.75. The zero-order valence-electron chi connectivity index (χ0n) is 20.1. The van der Waals surface area contributed by atoms with Crippen molar-refractivity contribution in [1.82, 2.24) is 4.57 Å². The molecule has 194 valence electrons. The fraction of sp³-hybridized carbons (Fsp3) is 0.360. The Labute approximate surface area is 207 Å². The highest BCUT2D eigenvalue weighted by molar-refractivity contribution is 6.12. The number of carbonyl (C=O) groups excluding carboxylic acids is 2. The number of carboxylic acids is 3. The Morgan fingerprint density at radius 3 is 1.75 bits per heavy atom. The number of carbonyl (C=O) groups is 4. The number of hydrogen-bond donors (Lipinski definition) is 4. The quantitative estimate of drug-likeness (QED) is 0.278. The van der Waals surface area contributed by atoms with Crippen LogP contribution in [0.1, 0.15) is 20.3 Å². The van der Waals surface area contributed by atoms with E-state index in [0.29, 0.717) is 6.61 Å². The van der Waals surface area contributed by atoms with Crippen LogP contribution in [0.15, 0.2) is 48.5 Å². The average molecular weight is 503 g/mol. The summed E-state index contributed by atoms with van der Waals surface area (Å²) in [5.41, 5.74) is -0.915. The Bertz CT molecular complexity index is 1160. The summed E-state index contributed by atoms with van der Waals surface area (Å²) >= 11 is 0. The number of hydrogen-bond acceptors (Lipinski definition) is 7. The molecule has 0 amide bonds. The average Bonchev–Trinajstić information content (AvgIpc) is 3.19.